The van der Waals surface area contributed by atoms with Crippen LogP contribution >= 0.6 is 0 Å². The van der Waals surface area contributed by atoms with Crippen molar-refractivity contribution >= 4 is 11.7 Å². The third-order valence-corrected chi connectivity index (χ3v) is 2.54. The topological polar surface area (TPSA) is 51.5 Å². The van der Waals surface area contributed by atoms with Crippen LogP contribution in [0.1, 0.15) is 16.1 Å². The highest BCUT2D eigenvalue weighted by atomic mass is 19.1. The number of esters is 1. The lowest BCUT2D eigenvalue weighted by atomic mass is 10.2. The second-order valence-electron chi connectivity index (χ2n) is 3.72. The number of hydrogen-bond acceptors (Lipinski definition) is 4. The van der Waals surface area contributed by atoms with Crippen molar-refractivity contribution in [2.24, 2.45) is 0 Å². The SMILES string of the molecule is COC(=O)c1occc1CNc1c(F)cccc1F. The van der Waals surface area contributed by atoms with Crippen molar-refractivity contribution in [1.82, 2.24) is 0 Å². The summed E-state index contributed by atoms with van der Waals surface area (Å²) in [5.74, 6) is -2.05. The molecule has 6 heteroatoms. The largest absolute Gasteiger partial charge is 0.463 e. The number of carbonyl (C=O) groups is 1. The molecule has 4 nitrogen and oxygen atoms in total. The number of ether oxygens (including phenoxy) is 1. The third kappa shape index (κ3) is 2.73. The summed E-state index contributed by atoms with van der Waals surface area (Å²) >= 11 is 0. The molecule has 1 heterocycles. The van der Waals surface area contributed by atoms with E-state index in [4.69, 9.17) is 4.42 Å². The molecule has 1 N–H and O–H groups in total. The number of rotatable bonds is 4. The second kappa shape index (κ2) is 5.51. The maximum Gasteiger partial charge on any atom is 0.374 e. The zero-order valence-corrected chi connectivity index (χ0v) is 10.1. The first-order valence-electron chi connectivity index (χ1n) is 5.46. The summed E-state index contributed by atoms with van der Waals surface area (Å²) < 4.78 is 36.3. The van der Waals surface area contributed by atoms with Gasteiger partial charge < -0.3 is 14.5 Å². The van der Waals surface area contributed by atoms with Crippen molar-refractivity contribution < 1.29 is 22.7 Å². The number of halogens is 2. The van der Waals surface area contributed by atoms with Crippen LogP contribution in [-0.2, 0) is 11.3 Å². The molecule has 0 unspecified atom stereocenters. The van der Waals surface area contributed by atoms with Crippen LogP contribution in [0.15, 0.2) is 34.9 Å². The number of hydrogen-bond donors (Lipinski definition) is 1. The molecule has 2 aromatic rings. The third-order valence-electron chi connectivity index (χ3n) is 2.54. The van der Waals surface area contributed by atoms with Gasteiger partial charge in [0.05, 0.1) is 13.4 Å². The lowest BCUT2D eigenvalue weighted by molar-refractivity contribution is 0.0563. The first kappa shape index (κ1) is 13.1. The standard InChI is InChI=1S/C13H11F2NO3/c1-18-13(17)12-8(5-6-19-12)7-16-11-9(14)3-2-4-10(11)15/h2-6,16H,7H2,1H3. The highest BCUT2D eigenvalue weighted by Crippen LogP contribution is 2.20. The molecule has 0 saturated heterocycles. The summed E-state index contributed by atoms with van der Waals surface area (Å²) in [5.41, 5.74) is 0.203. The van der Waals surface area contributed by atoms with Gasteiger partial charge in [0.2, 0.25) is 5.76 Å². The van der Waals surface area contributed by atoms with Gasteiger partial charge in [0.25, 0.3) is 0 Å². The minimum atomic E-state index is -0.705. The molecule has 0 spiro atoms. The Bertz CT molecular complexity index is 575. The van der Waals surface area contributed by atoms with Gasteiger partial charge in [0.1, 0.15) is 17.3 Å². The van der Waals surface area contributed by atoms with Gasteiger partial charge in [-0.3, -0.25) is 0 Å². The van der Waals surface area contributed by atoms with E-state index in [9.17, 15) is 13.6 Å². The van der Waals surface area contributed by atoms with Gasteiger partial charge in [-0.1, -0.05) is 6.07 Å². The Morgan fingerprint density at radius 2 is 2.00 bits per heavy atom. The van der Waals surface area contributed by atoms with Crippen molar-refractivity contribution in [3.63, 3.8) is 0 Å². The zero-order valence-electron chi connectivity index (χ0n) is 10.1. The molecule has 0 aliphatic carbocycles. The first-order chi connectivity index (χ1) is 9.13. The Labute approximate surface area is 108 Å². The molecule has 0 radical (unpaired) electrons. The van der Waals surface area contributed by atoms with Crippen LogP contribution in [0.5, 0.6) is 0 Å². The lowest BCUT2D eigenvalue weighted by Crippen LogP contribution is -2.08. The molecular formula is C13H11F2NO3. The van der Waals surface area contributed by atoms with E-state index in [1.165, 1.54) is 25.5 Å². The van der Waals surface area contributed by atoms with Crippen molar-refractivity contribution in [3.05, 3.63) is 53.5 Å². The van der Waals surface area contributed by atoms with Gasteiger partial charge in [0, 0.05) is 12.1 Å². The van der Waals surface area contributed by atoms with Crippen LogP contribution < -0.4 is 5.32 Å². The Balaban J connectivity index is 2.15. The van der Waals surface area contributed by atoms with Crippen molar-refractivity contribution in [1.29, 1.82) is 0 Å². The molecule has 0 aliphatic heterocycles. The fraction of sp³-hybridized carbons (Fsp3) is 0.154. The number of nitrogens with one attached hydrogen (secondary N) is 1. The highest BCUT2D eigenvalue weighted by molar-refractivity contribution is 5.87. The molecule has 2 rings (SSSR count). The van der Waals surface area contributed by atoms with E-state index in [0.717, 1.165) is 12.1 Å². The molecule has 19 heavy (non-hydrogen) atoms. The van der Waals surface area contributed by atoms with Crippen LogP contribution in [-0.4, -0.2) is 13.1 Å². The average Bonchev–Trinajstić information content (AvgIpc) is 2.85. The van der Waals surface area contributed by atoms with E-state index in [2.05, 4.69) is 10.1 Å². The van der Waals surface area contributed by atoms with Crippen LogP contribution in [0.2, 0.25) is 0 Å². The van der Waals surface area contributed by atoms with Crippen LogP contribution in [0.4, 0.5) is 14.5 Å². The Morgan fingerprint density at radius 3 is 2.63 bits per heavy atom. The quantitative estimate of drug-likeness (QED) is 0.865. The maximum atomic E-state index is 13.4. The Kier molecular flexibility index (Phi) is 3.79. The van der Waals surface area contributed by atoms with Gasteiger partial charge in [-0.05, 0) is 18.2 Å². The van der Waals surface area contributed by atoms with Gasteiger partial charge in [-0.2, -0.15) is 0 Å². The summed E-state index contributed by atoms with van der Waals surface area (Å²) in [4.78, 5) is 11.3. The fourth-order valence-corrected chi connectivity index (χ4v) is 1.60. The summed E-state index contributed by atoms with van der Waals surface area (Å²) in [7, 11) is 1.22. The molecule has 0 amide bonds. The zero-order chi connectivity index (χ0) is 13.8. The number of furan rings is 1. The van der Waals surface area contributed by atoms with E-state index in [1.807, 2.05) is 0 Å². The number of carbonyl (C=O) groups excluding carboxylic acids is 1. The molecule has 0 saturated carbocycles. The van der Waals surface area contributed by atoms with Crippen LogP contribution in [0, 0.1) is 11.6 Å². The van der Waals surface area contributed by atoms with E-state index in [1.54, 1.807) is 0 Å². The summed E-state index contributed by atoms with van der Waals surface area (Å²) in [5, 5.41) is 2.59. The molecule has 1 aromatic heterocycles. The molecule has 0 bridgehead atoms. The second-order valence-corrected chi connectivity index (χ2v) is 3.72. The molecule has 0 fully saturated rings. The van der Waals surface area contributed by atoms with Crippen molar-refractivity contribution in [3.8, 4) is 0 Å². The van der Waals surface area contributed by atoms with Crippen molar-refractivity contribution in [2.45, 2.75) is 6.54 Å². The smallest absolute Gasteiger partial charge is 0.374 e. The molecular weight excluding hydrogens is 256 g/mol. The Hall–Kier alpha value is -2.37. The molecule has 100 valence electrons. The average molecular weight is 267 g/mol. The predicted octanol–water partition coefficient (Wildman–Crippen LogP) is 2.96. The summed E-state index contributed by atoms with van der Waals surface area (Å²) in [6.07, 6.45) is 1.31. The van der Waals surface area contributed by atoms with Crippen molar-refractivity contribution in [2.75, 3.05) is 12.4 Å². The van der Waals surface area contributed by atoms with Gasteiger partial charge >= 0.3 is 5.97 Å². The summed E-state index contributed by atoms with van der Waals surface area (Å²) in [6.45, 7) is 0.0405. The normalized spacial score (nSPS) is 10.3. The van der Waals surface area contributed by atoms with E-state index < -0.39 is 17.6 Å². The van der Waals surface area contributed by atoms with Crippen LogP contribution in [0.3, 0.4) is 0 Å². The van der Waals surface area contributed by atoms with E-state index in [-0.39, 0.29) is 18.0 Å². The predicted molar refractivity (Wildman–Crippen MR) is 63.7 cm³/mol. The highest BCUT2D eigenvalue weighted by Gasteiger charge is 2.16. The molecule has 0 atom stereocenters. The minimum absolute atomic E-state index is 0.00625. The Morgan fingerprint density at radius 1 is 1.32 bits per heavy atom. The van der Waals surface area contributed by atoms with Gasteiger partial charge in [-0.25, -0.2) is 13.6 Å². The summed E-state index contributed by atoms with van der Waals surface area (Å²) in [6, 6.07) is 5.08. The van der Waals surface area contributed by atoms with Gasteiger partial charge in [-0.15, -0.1) is 0 Å². The van der Waals surface area contributed by atoms with E-state index in [0.29, 0.717) is 5.56 Å². The first-order valence-corrected chi connectivity index (χ1v) is 5.46. The van der Waals surface area contributed by atoms with Crippen LogP contribution in [0.25, 0.3) is 0 Å². The lowest BCUT2D eigenvalue weighted by Gasteiger charge is -2.08. The number of methoxy groups -OCH3 is 1. The number of benzene rings is 1. The molecule has 1 aromatic carbocycles. The monoisotopic (exact) mass is 267 g/mol. The molecule has 0 aliphatic rings. The number of anilines is 1. The fourth-order valence-electron chi connectivity index (χ4n) is 1.60. The van der Waals surface area contributed by atoms with Gasteiger partial charge in [0.15, 0.2) is 0 Å². The number of para-hydroxylation sites is 1. The minimum Gasteiger partial charge on any atom is -0.463 e. The van der Waals surface area contributed by atoms with E-state index >= 15 is 0 Å². The maximum absolute atomic E-state index is 13.4.